The van der Waals surface area contributed by atoms with Gasteiger partial charge in [-0.15, -0.1) is 0 Å². The predicted molar refractivity (Wildman–Crippen MR) is 150 cm³/mol. The van der Waals surface area contributed by atoms with Crippen molar-refractivity contribution in [1.29, 1.82) is 0 Å². The zero-order chi connectivity index (χ0) is 30.7. The summed E-state index contributed by atoms with van der Waals surface area (Å²) >= 11 is 0. The van der Waals surface area contributed by atoms with Crippen molar-refractivity contribution in [3.63, 3.8) is 0 Å². The van der Waals surface area contributed by atoms with Gasteiger partial charge in [-0.1, -0.05) is 18.2 Å². The summed E-state index contributed by atoms with van der Waals surface area (Å²) in [6, 6.07) is 8.35. The summed E-state index contributed by atoms with van der Waals surface area (Å²) in [5.74, 6) is -2.85. The van der Waals surface area contributed by atoms with Crippen molar-refractivity contribution in [3.05, 3.63) is 35.9 Å². The first-order valence-corrected chi connectivity index (χ1v) is 15.6. The van der Waals surface area contributed by atoms with Gasteiger partial charge in [0, 0.05) is 46.7 Å². The fourth-order valence-corrected chi connectivity index (χ4v) is 12.1. The zero-order valence-corrected chi connectivity index (χ0v) is 27.5. The lowest BCUT2D eigenvalue weighted by atomic mass is 9.42. The lowest BCUT2D eigenvalue weighted by Crippen LogP contribution is -3.22. The van der Waals surface area contributed by atoms with E-state index in [0.29, 0.717) is 25.1 Å². The molecule has 1 aliphatic heterocycles. The van der Waals surface area contributed by atoms with Gasteiger partial charge in [0.25, 0.3) is 0 Å². The van der Waals surface area contributed by atoms with Gasteiger partial charge in [0.1, 0.15) is 35.6 Å². The molecule has 0 amide bonds. The van der Waals surface area contributed by atoms with Crippen LogP contribution in [0.3, 0.4) is 0 Å². The van der Waals surface area contributed by atoms with Crippen LogP contribution in [0.25, 0.3) is 0 Å². The number of halogens is 1. The van der Waals surface area contributed by atoms with Gasteiger partial charge in [0.2, 0.25) is 0 Å². The Kier molecular flexibility index (Phi) is 8.13. The van der Waals surface area contributed by atoms with Crippen LogP contribution in [0.2, 0.25) is 0 Å². The Labute approximate surface area is 268 Å². The lowest BCUT2D eigenvalue weighted by Gasteiger charge is -2.68. The normalized spacial score (nSPS) is 52.8. The number of carbonyl (C=O) groups is 1. The highest BCUT2D eigenvalue weighted by Crippen LogP contribution is 2.78. The number of carbonyl (C=O) groups excluding carboxylic acids is 1. The highest BCUT2D eigenvalue weighted by molar-refractivity contribution is 5.89. The molecule has 1 spiro atoms. The van der Waals surface area contributed by atoms with E-state index < -0.39 is 82.4 Å². The maximum Gasteiger partial charge on any atom is 0.338 e. The van der Waals surface area contributed by atoms with Crippen molar-refractivity contribution >= 4 is 5.97 Å². The van der Waals surface area contributed by atoms with Crippen molar-refractivity contribution < 1.29 is 70.8 Å². The number of aliphatic hydroxyl groups excluding tert-OH is 2. The molecule has 5 saturated carbocycles. The monoisotopic (exact) mass is 683 g/mol. The third-order valence-electron chi connectivity index (χ3n) is 13.1. The molecule has 9 unspecified atom stereocenters. The third kappa shape index (κ3) is 3.56. The van der Waals surface area contributed by atoms with Gasteiger partial charge in [-0.3, -0.25) is 0 Å². The fourth-order valence-electron chi connectivity index (χ4n) is 12.1. The van der Waals surface area contributed by atoms with E-state index in [1.165, 1.54) is 12.0 Å². The van der Waals surface area contributed by atoms with E-state index in [1.54, 1.807) is 51.7 Å². The van der Waals surface area contributed by atoms with E-state index in [9.17, 15) is 25.2 Å². The van der Waals surface area contributed by atoms with Crippen molar-refractivity contribution in [3.8, 4) is 0 Å². The Morgan fingerprint density at radius 3 is 2.30 bits per heavy atom. The quantitative estimate of drug-likeness (QED) is 0.170. The largest absolute Gasteiger partial charge is 1.00 e. The number of ether oxygens (including phenoxy) is 5. The molecule has 44 heavy (non-hydrogen) atoms. The van der Waals surface area contributed by atoms with Gasteiger partial charge < -0.3 is 66.0 Å². The number of hydrogen-bond donors (Lipinski definition) is 5. The molecule has 1 aromatic rings. The first kappa shape index (κ1) is 32.7. The van der Waals surface area contributed by atoms with Gasteiger partial charge in [-0.25, -0.2) is 4.79 Å². The Morgan fingerprint density at radius 1 is 1.00 bits per heavy atom. The van der Waals surface area contributed by atoms with E-state index in [4.69, 9.17) is 23.7 Å². The number of esters is 1. The first-order valence-electron chi connectivity index (χ1n) is 15.6. The number of aliphatic hydroxyl groups is 4. The van der Waals surface area contributed by atoms with Crippen LogP contribution in [0.5, 0.6) is 0 Å². The molecule has 16 atom stereocenters. The van der Waals surface area contributed by atoms with Gasteiger partial charge in [-0.2, -0.15) is 0 Å². The number of nitrogens with one attached hydrogen (secondary N) is 1. The number of likely N-dealkylation sites (tertiary alicyclic amines) is 1. The molecule has 11 nitrogen and oxygen atoms in total. The number of fused-ring (bicyclic) bond motifs is 2. The molecular formula is C32H46BrNO10. The molecule has 1 saturated heterocycles. The van der Waals surface area contributed by atoms with Crippen LogP contribution in [0, 0.1) is 34.5 Å². The number of methoxy groups -OCH3 is 4. The van der Waals surface area contributed by atoms with Crippen molar-refractivity contribution in [1.82, 2.24) is 0 Å². The van der Waals surface area contributed by atoms with E-state index in [-0.39, 0.29) is 42.0 Å². The number of hydrogen-bond acceptors (Lipinski definition) is 10. The summed E-state index contributed by atoms with van der Waals surface area (Å²) in [6.45, 7) is 3.69. The van der Waals surface area contributed by atoms with E-state index in [1.807, 2.05) is 0 Å². The van der Waals surface area contributed by atoms with Crippen LogP contribution >= 0.6 is 0 Å². The molecule has 1 heterocycles. The van der Waals surface area contributed by atoms with Crippen LogP contribution in [-0.4, -0.2) is 128 Å². The zero-order valence-electron chi connectivity index (χ0n) is 25.9. The minimum absolute atomic E-state index is 0. The molecule has 6 fully saturated rings. The molecule has 12 heteroatoms. The lowest BCUT2D eigenvalue weighted by molar-refractivity contribution is -0.954. The average molecular weight is 685 g/mol. The summed E-state index contributed by atoms with van der Waals surface area (Å²) in [7, 11) is 6.32. The second-order valence-electron chi connectivity index (χ2n) is 14.0. The Morgan fingerprint density at radius 2 is 1.70 bits per heavy atom. The molecule has 7 rings (SSSR count). The second-order valence-corrected chi connectivity index (χ2v) is 14.0. The van der Waals surface area contributed by atoms with Gasteiger partial charge in [0.05, 0.1) is 60.3 Å². The van der Waals surface area contributed by atoms with E-state index in [2.05, 4.69) is 6.92 Å². The summed E-state index contributed by atoms with van der Waals surface area (Å²) < 4.78 is 30.6. The first-order chi connectivity index (χ1) is 20.6. The smallest absolute Gasteiger partial charge is 0.338 e. The summed E-state index contributed by atoms with van der Waals surface area (Å²) in [5, 5.41) is 49.7. The van der Waals surface area contributed by atoms with Crippen molar-refractivity contribution in [2.45, 2.75) is 73.6 Å². The Bertz CT molecular complexity index is 1260. The van der Waals surface area contributed by atoms with Crippen molar-refractivity contribution in [2.75, 3.05) is 48.1 Å². The van der Waals surface area contributed by atoms with Crippen molar-refractivity contribution in [2.24, 2.45) is 34.5 Å². The maximum atomic E-state index is 13.6. The number of rotatable bonds is 8. The molecule has 6 aliphatic rings. The van der Waals surface area contributed by atoms with Crippen LogP contribution in [0.1, 0.15) is 30.1 Å². The maximum absolute atomic E-state index is 13.6. The molecule has 1 aromatic carbocycles. The fraction of sp³-hybridized carbons (Fsp3) is 0.781. The summed E-state index contributed by atoms with van der Waals surface area (Å²) in [6.07, 6.45) is -5.15. The third-order valence-corrected chi connectivity index (χ3v) is 13.1. The minimum Gasteiger partial charge on any atom is -1.00 e. The Balaban J connectivity index is 0.00000343. The predicted octanol–water partition coefficient (Wildman–Crippen LogP) is -4.34. The second kappa shape index (κ2) is 10.9. The molecule has 7 bridgehead atoms. The SMILES string of the molecule is CC[NH+]1CC2(COC)C(O)CC(OC)C34[C@@H]5C[C@@]6(O)C(OC(=O)c7ccccc7)[C@@H]5[C@@](O)(C(C(OC)[C@H]23)[C@@H]14)C(O)[C@@H]6OC.[Br-]. The van der Waals surface area contributed by atoms with Crippen LogP contribution in [0.4, 0.5) is 0 Å². The summed E-state index contributed by atoms with van der Waals surface area (Å²) in [4.78, 5) is 14.7. The van der Waals surface area contributed by atoms with Crippen LogP contribution in [0.15, 0.2) is 30.3 Å². The number of benzene rings is 1. The molecule has 5 aliphatic carbocycles. The van der Waals surface area contributed by atoms with Gasteiger partial charge in [-0.05, 0) is 31.4 Å². The Hall–Kier alpha value is -1.19. The molecule has 246 valence electrons. The highest BCUT2D eigenvalue weighted by Gasteiger charge is 2.92. The van der Waals surface area contributed by atoms with Gasteiger partial charge >= 0.3 is 5.97 Å². The number of piperidine rings is 1. The van der Waals surface area contributed by atoms with E-state index >= 15 is 0 Å². The van der Waals surface area contributed by atoms with E-state index in [0.717, 1.165) is 0 Å². The topological polar surface area (TPSA) is 149 Å². The molecule has 5 N–H and O–H groups in total. The average Bonchev–Trinajstić information content (AvgIpc) is 3.39. The van der Waals surface area contributed by atoms with Gasteiger partial charge in [0.15, 0.2) is 0 Å². The minimum atomic E-state index is -1.84. The molecule has 0 radical (unpaired) electrons. The molecular weight excluding hydrogens is 638 g/mol. The molecule has 0 aromatic heterocycles. The van der Waals surface area contributed by atoms with Crippen LogP contribution in [-0.2, 0) is 23.7 Å². The standard InChI is InChI=1S/C32H45NO10.BrH/c1-6-33-14-29(15-39-2)18(34)12-19(40-3)31-17-13-30(37)26(43-28(36)16-10-8-7-9-11-16)20(17)32(38,25(35)27(30)42-5)21(24(31)33)22(41-4)23(29)31;/h7-11,17-27,34-35,37-38H,6,12-15H2,1-5H3;1H/t17-,18?,19?,20-,21?,22?,23-,24-,25?,26?,27+,29?,30-,31?,32-;/m1./s1. The number of quaternary nitrogens is 1. The summed E-state index contributed by atoms with van der Waals surface area (Å²) in [5.41, 5.74) is -4.70. The highest BCUT2D eigenvalue weighted by atomic mass is 79.9. The van der Waals surface area contributed by atoms with Crippen LogP contribution < -0.4 is 21.9 Å².